The molecule has 0 N–H and O–H groups in total. The zero-order valence-electron chi connectivity index (χ0n) is 10.6. The minimum absolute atomic E-state index is 0.359. The van der Waals surface area contributed by atoms with Crippen molar-refractivity contribution in [1.82, 2.24) is 9.55 Å². The molecule has 2 heterocycles. The first-order valence-electron chi connectivity index (χ1n) is 5.79. The van der Waals surface area contributed by atoms with Gasteiger partial charge in [-0.2, -0.15) is 0 Å². The normalized spacial score (nSPS) is 10.8. The zero-order chi connectivity index (χ0) is 13.4. The molecule has 3 rings (SSSR count). The zero-order valence-corrected chi connectivity index (χ0v) is 10.6. The summed E-state index contributed by atoms with van der Waals surface area (Å²) in [6, 6.07) is 8.93. The van der Waals surface area contributed by atoms with Gasteiger partial charge in [0.25, 0.3) is 0 Å². The fourth-order valence-corrected chi connectivity index (χ4v) is 2.06. The Kier molecular flexibility index (Phi) is 2.59. The number of fused-ring (bicyclic) bond motifs is 1. The molecular weight excluding hydrogens is 244 g/mol. The summed E-state index contributed by atoms with van der Waals surface area (Å²) in [4.78, 5) is 16.0. The van der Waals surface area contributed by atoms with Gasteiger partial charge in [-0.25, -0.2) is 9.78 Å². The van der Waals surface area contributed by atoms with Crippen LogP contribution in [0.5, 0.6) is 0 Å². The van der Waals surface area contributed by atoms with E-state index in [2.05, 4.69) is 4.98 Å². The van der Waals surface area contributed by atoms with Crippen LogP contribution in [0.3, 0.4) is 0 Å². The van der Waals surface area contributed by atoms with Crippen LogP contribution in [0.15, 0.2) is 41.0 Å². The number of rotatable bonds is 2. The largest absolute Gasteiger partial charge is 0.465 e. The van der Waals surface area contributed by atoms with Gasteiger partial charge in [-0.05, 0) is 30.3 Å². The maximum atomic E-state index is 11.5. The number of furan rings is 1. The van der Waals surface area contributed by atoms with Crippen molar-refractivity contribution in [3.8, 4) is 11.6 Å². The van der Waals surface area contributed by atoms with Crippen LogP contribution in [0.1, 0.15) is 10.4 Å². The SMILES string of the molecule is COC(=O)c1ccc2nc(-c3ccco3)n(C)c2c1. The first-order valence-corrected chi connectivity index (χ1v) is 5.79. The Morgan fingerprint density at radius 2 is 2.21 bits per heavy atom. The van der Waals surface area contributed by atoms with E-state index < -0.39 is 0 Å². The third-order valence-corrected chi connectivity index (χ3v) is 3.04. The first kappa shape index (κ1) is 11.5. The lowest BCUT2D eigenvalue weighted by molar-refractivity contribution is 0.0601. The van der Waals surface area contributed by atoms with Gasteiger partial charge in [0.2, 0.25) is 0 Å². The highest BCUT2D eigenvalue weighted by atomic mass is 16.5. The molecule has 3 aromatic rings. The first-order chi connectivity index (χ1) is 9.20. The number of ether oxygens (including phenoxy) is 1. The fraction of sp³-hybridized carbons (Fsp3) is 0.143. The lowest BCUT2D eigenvalue weighted by atomic mass is 10.2. The van der Waals surface area contributed by atoms with E-state index in [1.54, 1.807) is 24.5 Å². The molecule has 96 valence electrons. The molecule has 19 heavy (non-hydrogen) atoms. The standard InChI is InChI=1S/C14H12N2O3/c1-16-11-8-9(14(17)18-2)5-6-10(11)15-13(16)12-4-3-7-19-12/h3-8H,1-2H3. The van der Waals surface area contributed by atoms with Crippen molar-refractivity contribution >= 4 is 17.0 Å². The fourth-order valence-electron chi connectivity index (χ4n) is 2.06. The Morgan fingerprint density at radius 3 is 2.89 bits per heavy atom. The van der Waals surface area contributed by atoms with Gasteiger partial charge in [-0.1, -0.05) is 0 Å². The molecule has 0 spiro atoms. The van der Waals surface area contributed by atoms with Crippen molar-refractivity contribution in [2.75, 3.05) is 7.11 Å². The number of methoxy groups -OCH3 is 1. The lowest BCUT2D eigenvalue weighted by Crippen LogP contribution is -2.01. The molecule has 0 aliphatic carbocycles. The van der Waals surface area contributed by atoms with Gasteiger partial charge in [-0.3, -0.25) is 0 Å². The Bertz CT molecular complexity index is 741. The third kappa shape index (κ3) is 1.79. The second-order valence-electron chi connectivity index (χ2n) is 4.17. The number of hydrogen-bond donors (Lipinski definition) is 0. The molecule has 0 aliphatic heterocycles. The van der Waals surface area contributed by atoms with Crippen molar-refractivity contribution in [1.29, 1.82) is 0 Å². The molecule has 0 saturated heterocycles. The van der Waals surface area contributed by atoms with Crippen molar-refractivity contribution in [2.24, 2.45) is 7.05 Å². The van der Waals surface area contributed by atoms with E-state index in [0.29, 0.717) is 11.3 Å². The molecule has 5 heteroatoms. The Morgan fingerprint density at radius 1 is 1.37 bits per heavy atom. The van der Waals surface area contributed by atoms with Gasteiger partial charge < -0.3 is 13.7 Å². The number of benzene rings is 1. The van der Waals surface area contributed by atoms with Crippen LogP contribution in [0.25, 0.3) is 22.6 Å². The molecule has 0 radical (unpaired) electrons. The van der Waals surface area contributed by atoms with Crippen molar-refractivity contribution in [3.63, 3.8) is 0 Å². The maximum absolute atomic E-state index is 11.5. The number of carbonyl (C=O) groups excluding carboxylic acids is 1. The van der Waals surface area contributed by atoms with Crippen LogP contribution in [0, 0.1) is 0 Å². The molecule has 0 amide bonds. The molecule has 0 unspecified atom stereocenters. The Hall–Kier alpha value is -2.56. The van der Waals surface area contributed by atoms with Gasteiger partial charge in [0.1, 0.15) is 0 Å². The average Bonchev–Trinajstić information content (AvgIpc) is 3.06. The van der Waals surface area contributed by atoms with Crippen LogP contribution in [0.4, 0.5) is 0 Å². The lowest BCUT2D eigenvalue weighted by Gasteiger charge is -2.01. The van der Waals surface area contributed by atoms with E-state index in [1.807, 2.05) is 23.7 Å². The number of imidazole rings is 1. The smallest absolute Gasteiger partial charge is 0.337 e. The molecule has 0 atom stereocenters. The van der Waals surface area contributed by atoms with Crippen LogP contribution < -0.4 is 0 Å². The number of aryl methyl sites for hydroxylation is 1. The Balaban J connectivity index is 2.19. The number of esters is 1. The van der Waals surface area contributed by atoms with E-state index >= 15 is 0 Å². The van der Waals surface area contributed by atoms with Gasteiger partial charge in [0.05, 0.1) is 30.0 Å². The topological polar surface area (TPSA) is 57.3 Å². The number of hydrogen-bond acceptors (Lipinski definition) is 4. The minimum atomic E-state index is -0.359. The summed E-state index contributed by atoms with van der Waals surface area (Å²) in [6.07, 6.45) is 1.61. The monoisotopic (exact) mass is 256 g/mol. The molecule has 1 aromatic carbocycles. The predicted molar refractivity (Wildman–Crippen MR) is 69.8 cm³/mol. The van der Waals surface area contributed by atoms with E-state index in [1.165, 1.54) is 7.11 Å². The van der Waals surface area contributed by atoms with E-state index in [-0.39, 0.29) is 5.97 Å². The van der Waals surface area contributed by atoms with Crippen LogP contribution in [-0.4, -0.2) is 22.6 Å². The van der Waals surface area contributed by atoms with Gasteiger partial charge in [0, 0.05) is 7.05 Å². The van der Waals surface area contributed by atoms with Crippen LogP contribution in [-0.2, 0) is 11.8 Å². The van der Waals surface area contributed by atoms with Crippen molar-refractivity contribution < 1.29 is 13.9 Å². The summed E-state index contributed by atoms with van der Waals surface area (Å²) in [5, 5.41) is 0. The molecule has 0 fully saturated rings. The molecule has 2 aromatic heterocycles. The van der Waals surface area contributed by atoms with Crippen LogP contribution >= 0.6 is 0 Å². The summed E-state index contributed by atoms with van der Waals surface area (Å²) in [6.45, 7) is 0. The number of carbonyl (C=O) groups is 1. The van der Waals surface area contributed by atoms with Crippen molar-refractivity contribution in [2.45, 2.75) is 0 Å². The highest BCUT2D eigenvalue weighted by Gasteiger charge is 2.14. The Labute approximate surface area is 109 Å². The highest BCUT2D eigenvalue weighted by molar-refractivity contribution is 5.94. The highest BCUT2D eigenvalue weighted by Crippen LogP contribution is 2.24. The van der Waals surface area contributed by atoms with Crippen molar-refractivity contribution in [3.05, 3.63) is 42.2 Å². The quantitative estimate of drug-likeness (QED) is 0.661. The summed E-state index contributed by atoms with van der Waals surface area (Å²) < 4.78 is 12.0. The molecule has 0 saturated carbocycles. The summed E-state index contributed by atoms with van der Waals surface area (Å²) in [5.74, 6) is 1.06. The van der Waals surface area contributed by atoms with E-state index in [4.69, 9.17) is 9.15 Å². The molecule has 0 aliphatic rings. The summed E-state index contributed by atoms with van der Waals surface area (Å²) in [7, 11) is 3.25. The number of aromatic nitrogens is 2. The maximum Gasteiger partial charge on any atom is 0.337 e. The van der Waals surface area contributed by atoms with Gasteiger partial charge >= 0.3 is 5.97 Å². The molecular formula is C14H12N2O3. The molecule has 5 nitrogen and oxygen atoms in total. The second-order valence-corrected chi connectivity index (χ2v) is 4.17. The van der Waals surface area contributed by atoms with E-state index in [0.717, 1.165) is 16.9 Å². The summed E-state index contributed by atoms with van der Waals surface area (Å²) in [5.41, 5.74) is 2.17. The van der Waals surface area contributed by atoms with E-state index in [9.17, 15) is 4.79 Å². The van der Waals surface area contributed by atoms with Gasteiger partial charge in [-0.15, -0.1) is 0 Å². The predicted octanol–water partition coefficient (Wildman–Crippen LogP) is 2.62. The second kappa shape index (κ2) is 4.28. The summed E-state index contributed by atoms with van der Waals surface area (Å²) >= 11 is 0. The molecule has 0 bridgehead atoms. The van der Waals surface area contributed by atoms with Crippen LogP contribution in [0.2, 0.25) is 0 Å². The third-order valence-electron chi connectivity index (χ3n) is 3.04. The minimum Gasteiger partial charge on any atom is -0.465 e. The average molecular weight is 256 g/mol. The number of nitrogens with zero attached hydrogens (tertiary/aromatic N) is 2. The van der Waals surface area contributed by atoms with Gasteiger partial charge in [0.15, 0.2) is 11.6 Å².